The molecule has 0 aliphatic heterocycles. The van der Waals surface area contributed by atoms with E-state index in [4.69, 9.17) is 5.84 Å². The molecular weight excluding hydrogens is 266 g/mol. The van der Waals surface area contributed by atoms with Crippen LogP contribution in [0, 0.1) is 6.92 Å². The number of nitrogen functional groups attached to an aromatic ring is 1. The van der Waals surface area contributed by atoms with Crippen molar-refractivity contribution < 1.29 is 0 Å². The summed E-state index contributed by atoms with van der Waals surface area (Å²) in [6.45, 7) is 4.00. The SMILES string of the molecule is CCCc1nc(NN)c(C)c(-n2nnc3ccccc32)n1. The van der Waals surface area contributed by atoms with E-state index in [0.717, 1.165) is 35.3 Å². The highest BCUT2D eigenvalue weighted by Gasteiger charge is 2.15. The lowest BCUT2D eigenvalue weighted by molar-refractivity contribution is 0.760. The van der Waals surface area contributed by atoms with Crippen LogP contribution in [0.5, 0.6) is 0 Å². The molecular formula is C14H17N7. The Morgan fingerprint density at radius 3 is 2.81 bits per heavy atom. The molecule has 0 fully saturated rings. The number of hydrogen-bond donors (Lipinski definition) is 2. The summed E-state index contributed by atoms with van der Waals surface area (Å²) in [4.78, 5) is 9.04. The van der Waals surface area contributed by atoms with Crippen LogP contribution in [0.1, 0.15) is 24.7 Å². The van der Waals surface area contributed by atoms with Crippen molar-refractivity contribution in [2.24, 2.45) is 5.84 Å². The highest BCUT2D eigenvalue weighted by Crippen LogP contribution is 2.21. The smallest absolute Gasteiger partial charge is 0.164 e. The number of hydrazine groups is 1. The molecule has 2 heterocycles. The second-order valence-corrected chi connectivity index (χ2v) is 4.82. The molecule has 0 amide bonds. The van der Waals surface area contributed by atoms with E-state index in [0.29, 0.717) is 11.6 Å². The first kappa shape index (κ1) is 13.4. The Bertz CT molecular complexity index is 778. The fraction of sp³-hybridized carbons (Fsp3) is 0.286. The van der Waals surface area contributed by atoms with Crippen molar-refractivity contribution in [2.45, 2.75) is 26.7 Å². The van der Waals surface area contributed by atoms with Gasteiger partial charge >= 0.3 is 0 Å². The van der Waals surface area contributed by atoms with Gasteiger partial charge in [-0.3, -0.25) is 0 Å². The fourth-order valence-corrected chi connectivity index (χ4v) is 2.26. The zero-order chi connectivity index (χ0) is 14.8. The van der Waals surface area contributed by atoms with Crippen LogP contribution in [0.15, 0.2) is 24.3 Å². The molecule has 3 rings (SSSR count). The number of benzene rings is 1. The lowest BCUT2D eigenvalue weighted by Crippen LogP contribution is -2.15. The standard InChI is InChI=1S/C14H17N7/c1-3-6-12-16-13(18-15)9(2)14(17-12)21-11-8-5-4-7-10(11)19-20-21/h4-5,7-8H,3,6,15H2,1-2H3,(H,16,17,18). The minimum Gasteiger partial charge on any atom is -0.308 e. The molecule has 108 valence electrons. The van der Waals surface area contributed by atoms with Gasteiger partial charge in [0.2, 0.25) is 0 Å². The van der Waals surface area contributed by atoms with Crippen LogP contribution in [0.2, 0.25) is 0 Å². The van der Waals surface area contributed by atoms with Crippen LogP contribution < -0.4 is 11.3 Å². The highest BCUT2D eigenvalue weighted by molar-refractivity contribution is 5.76. The molecule has 0 saturated carbocycles. The topological polar surface area (TPSA) is 94.5 Å². The Morgan fingerprint density at radius 1 is 1.24 bits per heavy atom. The average molecular weight is 283 g/mol. The van der Waals surface area contributed by atoms with Crippen LogP contribution in [0.3, 0.4) is 0 Å². The van der Waals surface area contributed by atoms with Gasteiger partial charge in [0.15, 0.2) is 5.82 Å². The molecule has 0 unspecified atom stereocenters. The summed E-state index contributed by atoms with van der Waals surface area (Å²) in [5.74, 6) is 7.62. The largest absolute Gasteiger partial charge is 0.308 e. The van der Waals surface area contributed by atoms with Crippen LogP contribution in [0.4, 0.5) is 5.82 Å². The molecule has 7 nitrogen and oxygen atoms in total. The normalized spacial score (nSPS) is 11.0. The third-order valence-electron chi connectivity index (χ3n) is 3.33. The maximum Gasteiger partial charge on any atom is 0.164 e. The maximum absolute atomic E-state index is 5.57. The van der Waals surface area contributed by atoms with Gasteiger partial charge in [0.05, 0.1) is 5.52 Å². The Hall–Kier alpha value is -2.54. The molecule has 0 radical (unpaired) electrons. The van der Waals surface area contributed by atoms with E-state index in [2.05, 4.69) is 32.6 Å². The number of hydrogen-bond acceptors (Lipinski definition) is 6. The second-order valence-electron chi connectivity index (χ2n) is 4.82. The van der Waals surface area contributed by atoms with Gasteiger partial charge in [0.25, 0.3) is 0 Å². The summed E-state index contributed by atoms with van der Waals surface area (Å²) in [5, 5.41) is 8.38. The summed E-state index contributed by atoms with van der Waals surface area (Å²) in [6.07, 6.45) is 1.75. The molecule has 21 heavy (non-hydrogen) atoms. The molecule has 2 aromatic heterocycles. The number of nitrogens with zero attached hydrogens (tertiary/aromatic N) is 5. The van der Waals surface area contributed by atoms with Gasteiger partial charge < -0.3 is 5.43 Å². The number of anilines is 1. The Balaban J connectivity index is 2.23. The van der Waals surface area contributed by atoms with Gasteiger partial charge in [-0.1, -0.05) is 24.3 Å². The van der Waals surface area contributed by atoms with E-state index in [-0.39, 0.29) is 0 Å². The lowest BCUT2D eigenvalue weighted by Gasteiger charge is -2.11. The summed E-state index contributed by atoms with van der Waals surface area (Å²) < 4.78 is 1.73. The fourth-order valence-electron chi connectivity index (χ4n) is 2.26. The first-order valence-electron chi connectivity index (χ1n) is 6.89. The van der Waals surface area contributed by atoms with E-state index in [9.17, 15) is 0 Å². The highest BCUT2D eigenvalue weighted by atomic mass is 15.4. The first-order chi connectivity index (χ1) is 10.2. The third-order valence-corrected chi connectivity index (χ3v) is 3.33. The number of fused-ring (bicyclic) bond motifs is 1. The maximum atomic E-state index is 5.57. The Morgan fingerprint density at radius 2 is 2.05 bits per heavy atom. The molecule has 0 atom stereocenters. The summed E-state index contributed by atoms with van der Waals surface area (Å²) in [7, 11) is 0. The van der Waals surface area contributed by atoms with Crippen molar-refractivity contribution in [1.29, 1.82) is 0 Å². The van der Waals surface area contributed by atoms with Gasteiger partial charge in [-0.2, -0.15) is 4.68 Å². The Labute approximate surface area is 122 Å². The van der Waals surface area contributed by atoms with Crippen molar-refractivity contribution in [1.82, 2.24) is 25.0 Å². The van der Waals surface area contributed by atoms with Crippen LogP contribution in [0.25, 0.3) is 16.9 Å². The molecule has 0 spiro atoms. The number of rotatable bonds is 4. The van der Waals surface area contributed by atoms with Crippen molar-refractivity contribution >= 4 is 16.9 Å². The third kappa shape index (κ3) is 2.31. The molecule has 1 aromatic carbocycles. The quantitative estimate of drug-likeness (QED) is 0.559. The van der Waals surface area contributed by atoms with Gasteiger partial charge in [-0.25, -0.2) is 15.8 Å². The number of nitrogens with one attached hydrogen (secondary N) is 1. The predicted octanol–water partition coefficient (Wildman–Crippen LogP) is 1.76. The summed E-state index contributed by atoms with van der Waals surface area (Å²) in [6, 6.07) is 7.77. The zero-order valence-corrected chi connectivity index (χ0v) is 12.0. The predicted molar refractivity (Wildman–Crippen MR) is 81.0 cm³/mol. The van der Waals surface area contributed by atoms with Crippen molar-refractivity contribution in [3.05, 3.63) is 35.7 Å². The zero-order valence-electron chi connectivity index (χ0n) is 12.0. The van der Waals surface area contributed by atoms with E-state index < -0.39 is 0 Å². The molecule has 7 heteroatoms. The van der Waals surface area contributed by atoms with Crippen LogP contribution in [-0.2, 0) is 6.42 Å². The molecule has 3 N–H and O–H groups in total. The van der Waals surface area contributed by atoms with Crippen LogP contribution in [-0.4, -0.2) is 25.0 Å². The Kier molecular flexibility index (Phi) is 3.49. The van der Waals surface area contributed by atoms with Crippen molar-refractivity contribution in [3.63, 3.8) is 0 Å². The average Bonchev–Trinajstić information content (AvgIpc) is 2.93. The molecule has 3 aromatic rings. The summed E-state index contributed by atoms with van der Waals surface area (Å²) in [5.41, 5.74) is 5.21. The van der Waals surface area contributed by atoms with E-state index in [1.54, 1.807) is 4.68 Å². The lowest BCUT2D eigenvalue weighted by atomic mass is 10.2. The van der Waals surface area contributed by atoms with Gasteiger partial charge in [0, 0.05) is 12.0 Å². The van der Waals surface area contributed by atoms with E-state index in [1.807, 2.05) is 31.2 Å². The van der Waals surface area contributed by atoms with Gasteiger partial charge in [-0.05, 0) is 25.5 Å². The molecule has 0 saturated heterocycles. The van der Waals surface area contributed by atoms with Gasteiger partial charge in [0.1, 0.15) is 17.2 Å². The number of aryl methyl sites for hydroxylation is 1. The van der Waals surface area contributed by atoms with Gasteiger partial charge in [-0.15, -0.1) is 5.10 Å². The van der Waals surface area contributed by atoms with E-state index >= 15 is 0 Å². The minimum atomic E-state index is 0.614. The molecule has 0 aliphatic rings. The first-order valence-corrected chi connectivity index (χ1v) is 6.89. The monoisotopic (exact) mass is 283 g/mol. The van der Waals surface area contributed by atoms with E-state index in [1.165, 1.54) is 0 Å². The number of para-hydroxylation sites is 1. The van der Waals surface area contributed by atoms with Crippen molar-refractivity contribution in [3.8, 4) is 5.82 Å². The number of aromatic nitrogens is 5. The molecule has 0 bridgehead atoms. The summed E-state index contributed by atoms with van der Waals surface area (Å²) >= 11 is 0. The number of nitrogens with two attached hydrogens (primary N) is 1. The minimum absolute atomic E-state index is 0.614. The second kappa shape index (κ2) is 5.45. The molecule has 0 aliphatic carbocycles. The van der Waals surface area contributed by atoms with Crippen LogP contribution >= 0.6 is 0 Å². The van der Waals surface area contributed by atoms with Crippen molar-refractivity contribution in [2.75, 3.05) is 5.43 Å².